The summed E-state index contributed by atoms with van der Waals surface area (Å²) in [7, 11) is 0. The van der Waals surface area contributed by atoms with Crippen molar-refractivity contribution >= 4 is 17.0 Å². The summed E-state index contributed by atoms with van der Waals surface area (Å²) >= 11 is 0. The van der Waals surface area contributed by atoms with Gasteiger partial charge in [-0.1, -0.05) is 6.07 Å². The molecule has 0 atom stereocenters. The van der Waals surface area contributed by atoms with E-state index < -0.39 is 5.97 Å². The lowest BCUT2D eigenvalue weighted by Gasteiger charge is -2.41. The van der Waals surface area contributed by atoms with Crippen LogP contribution in [0.25, 0.3) is 11.0 Å². The number of rotatable bonds is 3. The van der Waals surface area contributed by atoms with Gasteiger partial charge in [0.2, 0.25) is 0 Å². The number of hydrogen-bond acceptors (Lipinski definition) is 3. The van der Waals surface area contributed by atoms with Gasteiger partial charge in [0.15, 0.2) is 0 Å². The Kier molecular flexibility index (Phi) is 2.38. The Labute approximate surface area is 104 Å². The van der Waals surface area contributed by atoms with Crippen molar-refractivity contribution in [2.24, 2.45) is 0 Å². The zero-order chi connectivity index (χ0) is 12.8. The lowest BCUT2D eigenvalue weighted by Crippen LogP contribution is -2.43. The van der Waals surface area contributed by atoms with Gasteiger partial charge >= 0.3 is 5.97 Å². The Morgan fingerprint density at radius 2 is 2.22 bits per heavy atom. The summed E-state index contributed by atoms with van der Waals surface area (Å²) in [6.45, 7) is 0.0652. The van der Waals surface area contributed by atoms with Gasteiger partial charge < -0.3 is 14.8 Å². The first kappa shape index (κ1) is 11.2. The fourth-order valence-electron chi connectivity index (χ4n) is 2.65. The van der Waals surface area contributed by atoms with Gasteiger partial charge in [-0.25, -0.2) is 9.78 Å². The quantitative estimate of drug-likeness (QED) is 0.862. The molecule has 1 aliphatic carbocycles. The fraction of sp³-hybridized carbons (Fsp3) is 0.385. The average Bonchev–Trinajstić information content (AvgIpc) is 2.73. The minimum atomic E-state index is -0.975. The Hall–Kier alpha value is -1.88. The predicted molar refractivity (Wildman–Crippen MR) is 65.6 cm³/mol. The van der Waals surface area contributed by atoms with Gasteiger partial charge in [-0.15, -0.1) is 0 Å². The summed E-state index contributed by atoms with van der Waals surface area (Å²) in [5, 5.41) is 18.7. The second-order valence-electron chi connectivity index (χ2n) is 4.83. The number of para-hydroxylation sites is 1. The molecule has 0 bridgehead atoms. The molecule has 5 nitrogen and oxygen atoms in total. The van der Waals surface area contributed by atoms with E-state index in [1.165, 1.54) is 0 Å². The molecular formula is C13H14N2O3. The summed E-state index contributed by atoms with van der Waals surface area (Å²) in [6, 6.07) is 5.12. The van der Waals surface area contributed by atoms with Crippen molar-refractivity contribution in [3.8, 4) is 0 Å². The maximum absolute atomic E-state index is 11.1. The van der Waals surface area contributed by atoms with E-state index in [2.05, 4.69) is 4.98 Å². The highest BCUT2D eigenvalue weighted by Gasteiger charge is 2.39. The first-order valence-electron chi connectivity index (χ1n) is 5.99. The molecule has 1 fully saturated rings. The summed E-state index contributed by atoms with van der Waals surface area (Å²) < 4.78 is 1.93. The van der Waals surface area contributed by atoms with Crippen molar-refractivity contribution in [1.82, 2.24) is 9.55 Å². The van der Waals surface area contributed by atoms with E-state index in [9.17, 15) is 9.90 Å². The predicted octanol–water partition coefficient (Wildman–Crippen LogP) is 1.61. The Morgan fingerprint density at radius 3 is 2.78 bits per heavy atom. The SMILES string of the molecule is O=C(O)c1cccc2c1ncn2C1(CO)CCC1. The molecule has 0 radical (unpaired) electrons. The number of nitrogens with zero attached hydrogens (tertiary/aromatic N) is 2. The number of aliphatic hydroxyl groups excluding tert-OH is 1. The number of benzene rings is 1. The smallest absolute Gasteiger partial charge is 0.337 e. The van der Waals surface area contributed by atoms with Crippen LogP contribution in [0.3, 0.4) is 0 Å². The number of carbonyl (C=O) groups is 1. The van der Waals surface area contributed by atoms with Gasteiger partial charge in [-0.3, -0.25) is 0 Å². The number of aromatic nitrogens is 2. The molecule has 3 rings (SSSR count). The van der Waals surface area contributed by atoms with Crippen molar-refractivity contribution in [2.75, 3.05) is 6.61 Å². The number of hydrogen-bond donors (Lipinski definition) is 2. The molecule has 2 N–H and O–H groups in total. The third-order valence-electron chi connectivity index (χ3n) is 3.90. The van der Waals surface area contributed by atoms with Crippen LogP contribution < -0.4 is 0 Å². The van der Waals surface area contributed by atoms with Crippen LogP contribution in [0, 0.1) is 0 Å². The van der Waals surface area contributed by atoms with Crippen molar-refractivity contribution in [1.29, 1.82) is 0 Å². The third kappa shape index (κ3) is 1.37. The van der Waals surface area contributed by atoms with Crippen LogP contribution >= 0.6 is 0 Å². The molecule has 1 heterocycles. The van der Waals surface area contributed by atoms with Crippen LogP contribution in [-0.4, -0.2) is 32.3 Å². The van der Waals surface area contributed by atoms with Crippen LogP contribution in [0.5, 0.6) is 0 Å². The molecular weight excluding hydrogens is 232 g/mol. The minimum absolute atomic E-state index is 0.0652. The molecule has 2 aromatic rings. The Balaban J connectivity index is 2.21. The number of aromatic carboxylic acids is 1. The van der Waals surface area contributed by atoms with E-state index in [4.69, 9.17) is 5.11 Å². The van der Waals surface area contributed by atoms with Gasteiger partial charge in [-0.2, -0.15) is 0 Å². The molecule has 0 aliphatic heterocycles. The molecule has 0 saturated heterocycles. The highest BCUT2D eigenvalue weighted by Crippen LogP contribution is 2.40. The van der Waals surface area contributed by atoms with E-state index in [1.54, 1.807) is 18.5 Å². The van der Waals surface area contributed by atoms with Gasteiger partial charge in [0.25, 0.3) is 0 Å². The molecule has 18 heavy (non-hydrogen) atoms. The second kappa shape index (κ2) is 3.81. The van der Waals surface area contributed by atoms with E-state index >= 15 is 0 Å². The Bertz CT molecular complexity index is 608. The van der Waals surface area contributed by atoms with E-state index in [0.717, 1.165) is 24.8 Å². The third-order valence-corrected chi connectivity index (χ3v) is 3.90. The number of fused-ring (bicyclic) bond motifs is 1. The molecule has 0 amide bonds. The van der Waals surface area contributed by atoms with Crippen molar-refractivity contribution in [2.45, 2.75) is 24.8 Å². The zero-order valence-corrected chi connectivity index (χ0v) is 9.83. The maximum atomic E-state index is 11.1. The van der Waals surface area contributed by atoms with Crippen LogP contribution in [0.1, 0.15) is 29.6 Å². The molecule has 1 aliphatic rings. The first-order valence-corrected chi connectivity index (χ1v) is 5.99. The van der Waals surface area contributed by atoms with E-state index in [1.807, 2.05) is 10.6 Å². The lowest BCUT2D eigenvalue weighted by molar-refractivity contribution is 0.0588. The largest absolute Gasteiger partial charge is 0.478 e. The molecule has 1 aromatic carbocycles. The first-order chi connectivity index (χ1) is 8.68. The van der Waals surface area contributed by atoms with Gasteiger partial charge in [0.1, 0.15) is 5.52 Å². The monoisotopic (exact) mass is 246 g/mol. The number of carboxylic acids is 1. The van der Waals surface area contributed by atoms with E-state index in [0.29, 0.717) is 5.52 Å². The molecule has 5 heteroatoms. The summed E-state index contributed by atoms with van der Waals surface area (Å²) in [5.74, 6) is -0.975. The summed E-state index contributed by atoms with van der Waals surface area (Å²) in [6.07, 6.45) is 4.55. The second-order valence-corrected chi connectivity index (χ2v) is 4.83. The topological polar surface area (TPSA) is 75.3 Å². The number of imidazole rings is 1. The molecule has 94 valence electrons. The van der Waals surface area contributed by atoms with Crippen molar-refractivity contribution in [3.05, 3.63) is 30.1 Å². The maximum Gasteiger partial charge on any atom is 0.337 e. The summed E-state index contributed by atoms with van der Waals surface area (Å²) in [4.78, 5) is 15.3. The number of aliphatic hydroxyl groups is 1. The Morgan fingerprint density at radius 1 is 1.44 bits per heavy atom. The van der Waals surface area contributed by atoms with Crippen LogP contribution in [0.15, 0.2) is 24.5 Å². The standard InChI is InChI=1S/C13H14N2O3/c16-7-13(5-2-6-13)15-8-14-11-9(12(17)18)3-1-4-10(11)15/h1,3-4,8,16H,2,5-7H2,(H,17,18). The fourth-order valence-corrected chi connectivity index (χ4v) is 2.65. The van der Waals surface area contributed by atoms with Crippen LogP contribution in [0.4, 0.5) is 0 Å². The highest BCUT2D eigenvalue weighted by atomic mass is 16.4. The molecule has 1 aromatic heterocycles. The van der Waals surface area contributed by atoms with E-state index in [-0.39, 0.29) is 17.7 Å². The van der Waals surface area contributed by atoms with Crippen molar-refractivity contribution in [3.63, 3.8) is 0 Å². The minimum Gasteiger partial charge on any atom is -0.478 e. The zero-order valence-electron chi connectivity index (χ0n) is 9.83. The van der Waals surface area contributed by atoms with Crippen molar-refractivity contribution < 1.29 is 15.0 Å². The highest BCUT2D eigenvalue weighted by molar-refractivity contribution is 6.01. The lowest BCUT2D eigenvalue weighted by atomic mass is 9.77. The van der Waals surface area contributed by atoms with Crippen LogP contribution in [-0.2, 0) is 5.54 Å². The van der Waals surface area contributed by atoms with Gasteiger partial charge in [-0.05, 0) is 31.4 Å². The van der Waals surface area contributed by atoms with Gasteiger partial charge in [0.05, 0.1) is 29.6 Å². The average molecular weight is 246 g/mol. The van der Waals surface area contributed by atoms with Crippen LogP contribution in [0.2, 0.25) is 0 Å². The normalized spacial score (nSPS) is 17.6. The number of carboxylic acid groups (broad SMARTS) is 1. The summed E-state index contributed by atoms with van der Waals surface area (Å²) in [5.41, 5.74) is 1.19. The molecule has 0 spiro atoms. The molecule has 0 unspecified atom stereocenters. The van der Waals surface area contributed by atoms with Gasteiger partial charge in [0, 0.05) is 0 Å². The molecule has 1 saturated carbocycles.